The molecule has 3 rings (SSSR count). The van der Waals surface area contributed by atoms with Crippen molar-refractivity contribution in [2.45, 2.75) is 43.4 Å². The van der Waals surface area contributed by atoms with Gasteiger partial charge in [-0.3, -0.25) is 4.90 Å². The third-order valence-electron chi connectivity index (χ3n) is 4.81. The summed E-state index contributed by atoms with van der Waals surface area (Å²) in [7, 11) is 4.22. The minimum Gasteiger partial charge on any atom is -0.475 e. The van der Waals surface area contributed by atoms with Gasteiger partial charge in [0, 0.05) is 26.2 Å². The summed E-state index contributed by atoms with van der Waals surface area (Å²) in [6.45, 7) is 5.57. The number of ether oxygens (including phenoxy) is 2. The second kappa shape index (κ2) is 13.4. The standard InChI is InChI=1S/C16H26N2O2S.2C2HF3O2/c1-17(2)10-15-3-5-16(20-15)12-18(6-7-19-13-16)9-14-4-8-21-11-14;2*3-2(4,5)1(6)7/h4,8,11,15H,3,5-7,9-10,12-13H2,1-2H3;2*(H,6,7)/t15-,16+;;/m1../s1. The van der Waals surface area contributed by atoms with E-state index in [1.165, 1.54) is 5.56 Å². The topological polar surface area (TPSA) is 99.5 Å². The Bertz CT molecular complexity index is 766. The van der Waals surface area contributed by atoms with Crippen LogP contribution in [0.5, 0.6) is 0 Å². The van der Waals surface area contributed by atoms with Gasteiger partial charge in [0.05, 0.1) is 19.3 Å². The van der Waals surface area contributed by atoms with Crippen LogP contribution in [0.4, 0.5) is 26.3 Å². The van der Waals surface area contributed by atoms with Gasteiger partial charge in [0.2, 0.25) is 0 Å². The SMILES string of the molecule is CN(C)C[C@H]1CC[C@]2(COCCN(Cc3ccsc3)C2)O1.O=C(O)C(F)(F)F.O=C(O)C(F)(F)F. The number of thiophene rings is 1. The minimum absolute atomic E-state index is 0.0901. The van der Waals surface area contributed by atoms with E-state index >= 15 is 0 Å². The van der Waals surface area contributed by atoms with Crippen molar-refractivity contribution in [1.82, 2.24) is 9.80 Å². The number of likely N-dealkylation sites (N-methyl/N-ethyl adjacent to an activating group) is 1. The van der Waals surface area contributed by atoms with Crippen LogP contribution < -0.4 is 0 Å². The quantitative estimate of drug-likeness (QED) is 0.564. The maximum atomic E-state index is 10.6. The average Bonchev–Trinajstić information content (AvgIpc) is 3.29. The monoisotopic (exact) mass is 538 g/mol. The zero-order valence-corrected chi connectivity index (χ0v) is 19.9. The van der Waals surface area contributed by atoms with Gasteiger partial charge in [-0.2, -0.15) is 37.7 Å². The van der Waals surface area contributed by atoms with Crippen LogP contribution in [0.25, 0.3) is 0 Å². The number of aliphatic carboxylic acids is 2. The van der Waals surface area contributed by atoms with E-state index in [0.717, 1.165) is 52.2 Å². The Morgan fingerprint density at radius 3 is 2.20 bits per heavy atom. The summed E-state index contributed by atoms with van der Waals surface area (Å²) in [6, 6.07) is 2.22. The third kappa shape index (κ3) is 12.0. The molecule has 3 heterocycles. The molecule has 0 amide bonds. The number of carboxylic acids is 2. The minimum atomic E-state index is -5.08. The molecule has 1 aromatic heterocycles. The van der Waals surface area contributed by atoms with Crippen LogP contribution in [0.15, 0.2) is 16.8 Å². The Morgan fingerprint density at radius 1 is 1.17 bits per heavy atom. The fourth-order valence-electron chi connectivity index (χ4n) is 3.41. The first-order chi connectivity index (χ1) is 16.0. The molecule has 2 aliphatic rings. The predicted octanol–water partition coefficient (Wildman–Crippen LogP) is 3.33. The van der Waals surface area contributed by atoms with Crippen molar-refractivity contribution >= 4 is 23.3 Å². The molecule has 8 nitrogen and oxygen atoms in total. The maximum Gasteiger partial charge on any atom is 0.490 e. The molecule has 15 heteroatoms. The first-order valence-corrected chi connectivity index (χ1v) is 11.2. The predicted molar refractivity (Wildman–Crippen MR) is 113 cm³/mol. The number of carboxylic acid groups (broad SMARTS) is 2. The lowest BCUT2D eigenvalue weighted by molar-refractivity contribution is -0.193. The van der Waals surface area contributed by atoms with Gasteiger partial charge in [-0.1, -0.05) is 0 Å². The average molecular weight is 539 g/mol. The molecule has 2 atom stereocenters. The number of nitrogens with zero attached hydrogens (tertiary/aromatic N) is 2. The van der Waals surface area contributed by atoms with Crippen molar-refractivity contribution < 1.29 is 55.6 Å². The van der Waals surface area contributed by atoms with E-state index in [-0.39, 0.29) is 5.60 Å². The molecule has 0 aromatic carbocycles. The number of halogens is 6. The zero-order valence-electron chi connectivity index (χ0n) is 19.1. The summed E-state index contributed by atoms with van der Waals surface area (Å²) in [6.07, 6.45) is -7.55. The third-order valence-corrected chi connectivity index (χ3v) is 5.54. The molecule has 0 saturated carbocycles. The summed E-state index contributed by atoms with van der Waals surface area (Å²) in [5.74, 6) is -5.51. The van der Waals surface area contributed by atoms with Gasteiger partial charge in [-0.05, 0) is 49.3 Å². The van der Waals surface area contributed by atoms with E-state index in [2.05, 4.69) is 40.7 Å². The second-order valence-electron chi connectivity index (χ2n) is 8.22. The molecule has 0 radical (unpaired) electrons. The molecule has 0 unspecified atom stereocenters. The summed E-state index contributed by atoms with van der Waals surface area (Å²) >= 11 is 1.77. The highest BCUT2D eigenvalue weighted by Gasteiger charge is 2.43. The van der Waals surface area contributed by atoms with Crippen molar-refractivity contribution in [3.8, 4) is 0 Å². The van der Waals surface area contributed by atoms with E-state index < -0.39 is 24.3 Å². The molecule has 2 N–H and O–H groups in total. The van der Waals surface area contributed by atoms with Crippen molar-refractivity contribution in [2.24, 2.45) is 0 Å². The van der Waals surface area contributed by atoms with Gasteiger partial charge < -0.3 is 24.6 Å². The number of hydrogen-bond acceptors (Lipinski definition) is 7. The van der Waals surface area contributed by atoms with Crippen LogP contribution in [-0.2, 0) is 25.6 Å². The molecular weight excluding hydrogens is 510 g/mol. The fourth-order valence-corrected chi connectivity index (χ4v) is 4.07. The lowest BCUT2D eigenvalue weighted by atomic mass is 10.00. The van der Waals surface area contributed by atoms with E-state index in [0.29, 0.717) is 6.10 Å². The van der Waals surface area contributed by atoms with Crippen LogP contribution >= 0.6 is 11.3 Å². The highest BCUT2D eigenvalue weighted by Crippen LogP contribution is 2.33. The number of hydrogen-bond donors (Lipinski definition) is 2. The molecule has 0 aliphatic carbocycles. The van der Waals surface area contributed by atoms with Gasteiger partial charge in [-0.25, -0.2) is 9.59 Å². The first kappa shape index (κ1) is 31.1. The maximum absolute atomic E-state index is 10.6. The molecule has 0 bridgehead atoms. The molecule has 202 valence electrons. The molecular formula is C20H28F6N2O6S. The van der Waals surface area contributed by atoms with Crippen molar-refractivity contribution in [3.05, 3.63) is 22.4 Å². The fraction of sp³-hybridized carbons (Fsp3) is 0.700. The van der Waals surface area contributed by atoms with Crippen LogP contribution in [0, 0.1) is 0 Å². The van der Waals surface area contributed by atoms with Crippen LogP contribution in [-0.4, -0.2) is 103 Å². The largest absolute Gasteiger partial charge is 0.490 e. The van der Waals surface area contributed by atoms with E-state index in [1.54, 1.807) is 11.3 Å². The van der Waals surface area contributed by atoms with Crippen molar-refractivity contribution in [2.75, 3.05) is 46.9 Å². The summed E-state index contributed by atoms with van der Waals surface area (Å²) in [5.41, 5.74) is 1.31. The Hall–Kier alpha value is -1.94. The molecule has 2 fully saturated rings. The Balaban J connectivity index is 0.000000362. The second-order valence-corrected chi connectivity index (χ2v) is 9.00. The number of rotatable bonds is 4. The van der Waals surface area contributed by atoms with Gasteiger partial charge in [-0.15, -0.1) is 0 Å². The van der Waals surface area contributed by atoms with E-state index in [4.69, 9.17) is 29.3 Å². The lowest BCUT2D eigenvalue weighted by Gasteiger charge is -2.32. The van der Waals surface area contributed by atoms with Gasteiger partial charge in [0.25, 0.3) is 0 Å². The van der Waals surface area contributed by atoms with Gasteiger partial charge >= 0.3 is 24.3 Å². The van der Waals surface area contributed by atoms with Crippen LogP contribution in [0.1, 0.15) is 18.4 Å². The van der Waals surface area contributed by atoms with Crippen LogP contribution in [0.2, 0.25) is 0 Å². The molecule has 1 aromatic rings. The normalized spacial score (nSPS) is 23.2. The van der Waals surface area contributed by atoms with E-state index in [9.17, 15) is 26.3 Å². The Labute approximate surface area is 202 Å². The summed E-state index contributed by atoms with van der Waals surface area (Å²) < 4.78 is 75.8. The zero-order chi connectivity index (χ0) is 26.9. The molecule has 1 spiro atoms. The summed E-state index contributed by atoms with van der Waals surface area (Å²) in [4.78, 5) is 22.5. The smallest absolute Gasteiger partial charge is 0.475 e. The van der Waals surface area contributed by atoms with Crippen molar-refractivity contribution in [3.63, 3.8) is 0 Å². The molecule has 35 heavy (non-hydrogen) atoms. The lowest BCUT2D eigenvalue weighted by Crippen LogP contribution is -2.44. The van der Waals surface area contributed by atoms with Crippen molar-refractivity contribution in [1.29, 1.82) is 0 Å². The number of carbonyl (C=O) groups is 2. The molecule has 2 aliphatic heterocycles. The Morgan fingerprint density at radius 2 is 1.74 bits per heavy atom. The summed E-state index contributed by atoms with van der Waals surface area (Å²) in [5, 5.41) is 18.6. The van der Waals surface area contributed by atoms with E-state index in [1.807, 2.05) is 0 Å². The van der Waals surface area contributed by atoms with Gasteiger partial charge in [0.1, 0.15) is 5.60 Å². The Kier molecular flexibility index (Phi) is 11.9. The highest BCUT2D eigenvalue weighted by atomic mass is 32.1. The van der Waals surface area contributed by atoms with Crippen LogP contribution in [0.3, 0.4) is 0 Å². The molecule has 2 saturated heterocycles. The highest BCUT2D eigenvalue weighted by molar-refractivity contribution is 7.07. The van der Waals surface area contributed by atoms with Gasteiger partial charge in [0.15, 0.2) is 0 Å². The first-order valence-electron chi connectivity index (χ1n) is 10.3. The number of alkyl halides is 6.